The number of nitrogens with one attached hydrogen (secondary N) is 1. The third-order valence-corrected chi connectivity index (χ3v) is 4.40. The van der Waals surface area contributed by atoms with E-state index in [1.807, 2.05) is 19.1 Å². The Morgan fingerprint density at radius 3 is 2.72 bits per heavy atom. The first-order chi connectivity index (χ1) is 12.0. The van der Waals surface area contributed by atoms with Gasteiger partial charge < -0.3 is 5.32 Å². The number of para-hydroxylation sites is 1. The summed E-state index contributed by atoms with van der Waals surface area (Å²) in [5, 5.41) is 3.45. The molecule has 1 aromatic carbocycles. The van der Waals surface area contributed by atoms with E-state index in [4.69, 9.17) is 0 Å². The quantitative estimate of drug-likeness (QED) is 0.710. The molecular weight excluding hydrogens is 314 g/mol. The van der Waals surface area contributed by atoms with E-state index in [0.29, 0.717) is 17.4 Å². The lowest BCUT2D eigenvalue weighted by Gasteiger charge is -2.09. The first kappa shape index (κ1) is 19.2. The van der Waals surface area contributed by atoms with Crippen molar-refractivity contribution in [3.63, 3.8) is 0 Å². The highest BCUT2D eigenvalue weighted by Gasteiger charge is 2.08. The van der Waals surface area contributed by atoms with E-state index in [9.17, 15) is 9.59 Å². The molecule has 0 spiro atoms. The second-order valence-electron chi connectivity index (χ2n) is 7.10. The molecule has 1 N–H and O–H groups in total. The molecule has 0 saturated carbocycles. The molecule has 1 heterocycles. The minimum atomic E-state index is -0.169. The third-order valence-electron chi connectivity index (χ3n) is 4.40. The number of amides is 1. The summed E-state index contributed by atoms with van der Waals surface area (Å²) in [6, 6.07) is 5.51. The Balaban J connectivity index is 1.80. The molecule has 2 aromatic rings. The Morgan fingerprint density at radius 1 is 1.20 bits per heavy atom. The van der Waals surface area contributed by atoms with Gasteiger partial charge in [0.25, 0.3) is 5.56 Å². The van der Waals surface area contributed by atoms with Gasteiger partial charge in [0.1, 0.15) is 6.54 Å². The average Bonchev–Trinajstić information content (AvgIpc) is 2.57. The third kappa shape index (κ3) is 5.69. The van der Waals surface area contributed by atoms with Gasteiger partial charge in [-0.3, -0.25) is 14.2 Å². The molecule has 0 fully saturated rings. The van der Waals surface area contributed by atoms with Gasteiger partial charge in [-0.1, -0.05) is 51.7 Å². The lowest BCUT2D eigenvalue weighted by molar-refractivity contribution is -0.121. The SMILES string of the molecule is Cc1cccc2c(=O)n(CC(=O)NCCCCCCC(C)C)cnc12. The Labute approximate surface area is 149 Å². The van der Waals surface area contributed by atoms with Gasteiger partial charge in [-0.25, -0.2) is 4.98 Å². The van der Waals surface area contributed by atoms with Crippen LogP contribution in [0.15, 0.2) is 29.3 Å². The predicted molar refractivity (Wildman–Crippen MR) is 102 cm³/mol. The maximum Gasteiger partial charge on any atom is 0.261 e. The normalized spacial score (nSPS) is 11.2. The molecule has 0 aliphatic heterocycles. The Morgan fingerprint density at radius 2 is 1.96 bits per heavy atom. The summed E-state index contributed by atoms with van der Waals surface area (Å²) >= 11 is 0. The summed E-state index contributed by atoms with van der Waals surface area (Å²) in [6.45, 7) is 7.08. The van der Waals surface area contributed by atoms with Crippen LogP contribution in [0.3, 0.4) is 0 Å². The second kappa shape index (κ2) is 9.35. The van der Waals surface area contributed by atoms with Gasteiger partial charge in [0.05, 0.1) is 17.2 Å². The van der Waals surface area contributed by atoms with Crippen molar-refractivity contribution in [3.05, 3.63) is 40.4 Å². The van der Waals surface area contributed by atoms with Crippen molar-refractivity contribution >= 4 is 16.8 Å². The number of hydrogen-bond acceptors (Lipinski definition) is 3. The minimum Gasteiger partial charge on any atom is -0.355 e. The van der Waals surface area contributed by atoms with E-state index in [2.05, 4.69) is 24.1 Å². The summed E-state index contributed by atoms with van der Waals surface area (Å²) in [5.41, 5.74) is 1.49. The molecule has 1 amide bonds. The fraction of sp³-hybridized carbons (Fsp3) is 0.550. The second-order valence-corrected chi connectivity index (χ2v) is 7.10. The maximum absolute atomic E-state index is 12.5. The number of unbranched alkanes of at least 4 members (excludes halogenated alkanes) is 3. The highest BCUT2D eigenvalue weighted by molar-refractivity contribution is 5.81. The van der Waals surface area contributed by atoms with Crippen LogP contribution in [0.5, 0.6) is 0 Å². The van der Waals surface area contributed by atoms with Crippen LogP contribution in [-0.4, -0.2) is 22.0 Å². The van der Waals surface area contributed by atoms with Gasteiger partial charge in [0, 0.05) is 6.54 Å². The van der Waals surface area contributed by atoms with E-state index < -0.39 is 0 Å². The minimum absolute atomic E-state index is 0.0169. The molecule has 0 saturated heterocycles. The zero-order chi connectivity index (χ0) is 18.2. The highest BCUT2D eigenvalue weighted by Crippen LogP contribution is 2.11. The number of benzene rings is 1. The zero-order valence-electron chi connectivity index (χ0n) is 15.5. The molecule has 0 radical (unpaired) electrons. The first-order valence-electron chi connectivity index (χ1n) is 9.20. The molecule has 2 rings (SSSR count). The Kier molecular flexibility index (Phi) is 7.16. The van der Waals surface area contributed by atoms with Gasteiger partial charge in [-0.15, -0.1) is 0 Å². The van der Waals surface area contributed by atoms with Crippen molar-refractivity contribution in [1.82, 2.24) is 14.9 Å². The lowest BCUT2D eigenvalue weighted by Crippen LogP contribution is -2.33. The highest BCUT2D eigenvalue weighted by atomic mass is 16.2. The van der Waals surface area contributed by atoms with E-state index in [1.54, 1.807) is 6.07 Å². The Bertz CT molecular complexity index is 765. The number of fused-ring (bicyclic) bond motifs is 1. The number of carbonyl (C=O) groups is 1. The van der Waals surface area contributed by atoms with Crippen LogP contribution in [0, 0.1) is 12.8 Å². The van der Waals surface area contributed by atoms with E-state index in [0.717, 1.165) is 24.3 Å². The lowest BCUT2D eigenvalue weighted by atomic mass is 10.0. The number of aromatic nitrogens is 2. The van der Waals surface area contributed by atoms with Crippen LogP contribution in [-0.2, 0) is 11.3 Å². The predicted octanol–water partition coefficient (Wildman–Crippen LogP) is 3.43. The van der Waals surface area contributed by atoms with Crippen molar-refractivity contribution in [2.45, 2.75) is 59.4 Å². The van der Waals surface area contributed by atoms with E-state index in [1.165, 1.54) is 30.2 Å². The molecule has 136 valence electrons. The fourth-order valence-corrected chi connectivity index (χ4v) is 2.92. The maximum atomic E-state index is 12.5. The van der Waals surface area contributed by atoms with E-state index >= 15 is 0 Å². The van der Waals surface area contributed by atoms with Gasteiger partial charge in [-0.05, 0) is 30.9 Å². The molecule has 5 heteroatoms. The number of rotatable bonds is 9. The zero-order valence-corrected chi connectivity index (χ0v) is 15.5. The fourth-order valence-electron chi connectivity index (χ4n) is 2.92. The van der Waals surface area contributed by atoms with Crippen LogP contribution in [0.2, 0.25) is 0 Å². The van der Waals surface area contributed by atoms with E-state index in [-0.39, 0.29) is 18.0 Å². The summed E-state index contributed by atoms with van der Waals surface area (Å²) in [6.07, 6.45) is 7.30. The smallest absolute Gasteiger partial charge is 0.261 e. The summed E-state index contributed by atoms with van der Waals surface area (Å²) < 4.78 is 1.37. The monoisotopic (exact) mass is 343 g/mol. The van der Waals surface area contributed by atoms with Gasteiger partial charge in [0.15, 0.2) is 0 Å². The van der Waals surface area contributed by atoms with Crippen LogP contribution in [0.25, 0.3) is 10.9 Å². The molecule has 0 unspecified atom stereocenters. The van der Waals surface area contributed by atoms with Crippen LogP contribution >= 0.6 is 0 Å². The molecule has 5 nitrogen and oxygen atoms in total. The van der Waals surface area contributed by atoms with Crippen LogP contribution in [0.4, 0.5) is 0 Å². The van der Waals surface area contributed by atoms with Crippen molar-refractivity contribution < 1.29 is 4.79 Å². The summed E-state index contributed by atoms with van der Waals surface area (Å²) in [5.74, 6) is 0.621. The standard InChI is InChI=1S/C20H29N3O2/c1-15(2)9-6-4-5-7-12-21-18(24)13-23-14-22-19-16(3)10-8-11-17(19)20(23)25/h8,10-11,14-15H,4-7,9,12-13H2,1-3H3,(H,21,24). The number of nitrogens with zero attached hydrogens (tertiary/aromatic N) is 2. The van der Waals surface area contributed by atoms with Gasteiger partial charge in [-0.2, -0.15) is 0 Å². The topological polar surface area (TPSA) is 64.0 Å². The summed E-state index contributed by atoms with van der Waals surface area (Å²) in [7, 11) is 0. The molecule has 25 heavy (non-hydrogen) atoms. The van der Waals surface area contributed by atoms with Gasteiger partial charge >= 0.3 is 0 Å². The number of aryl methyl sites for hydroxylation is 1. The van der Waals surface area contributed by atoms with Crippen LogP contribution in [0.1, 0.15) is 51.5 Å². The molecule has 0 bridgehead atoms. The number of hydrogen-bond donors (Lipinski definition) is 1. The molecule has 0 aliphatic carbocycles. The Hall–Kier alpha value is -2.17. The molecular formula is C20H29N3O2. The van der Waals surface area contributed by atoms with Gasteiger partial charge in [0.2, 0.25) is 5.91 Å². The molecule has 1 aromatic heterocycles. The van der Waals surface area contributed by atoms with Crippen LogP contribution < -0.4 is 10.9 Å². The van der Waals surface area contributed by atoms with Crippen molar-refractivity contribution in [3.8, 4) is 0 Å². The average molecular weight is 343 g/mol. The largest absolute Gasteiger partial charge is 0.355 e. The number of carbonyl (C=O) groups excluding carboxylic acids is 1. The molecule has 0 aliphatic rings. The molecule has 0 atom stereocenters. The van der Waals surface area contributed by atoms with Crippen molar-refractivity contribution in [2.24, 2.45) is 5.92 Å². The van der Waals surface area contributed by atoms with Crippen molar-refractivity contribution in [1.29, 1.82) is 0 Å². The summed E-state index contributed by atoms with van der Waals surface area (Å²) in [4.78, 5) is 28.8. The first-order valence-corrected chi connectivity index (χ1v) is 9.20. The van der Waals surface area contributed by atoms with Crippen molar-refractivity contribution in [2.75, 3.05) is 6.54 Å².